The predicted molar refractivity (Wildman–Crippen MR) is 231 cm³/mol. The summed E-state index contributed by atoms with van der Waals surface area (Å²) < 4.78 is 3.39. The van der Waals surface area contributed by atoms with E-state index in [0.717, 1.165) is 16.5 Å². The maximum Gasteiger partial charge on any atom is -1.00 e. The average molecular weight is 892 g/mol. The first-order chi connectivity index (χ1) is 25.9. The molecule has 0 aliphatic heterocycles. The molecule has 0 N–H and O–H groups in total. The summed E-state index contributed by atoms with van der Waals surface area (Å²) in [6.45, 7) is 14.2. The number of halogens is 4. The van der Waals surface area contributed by atoms with Gasteiger partial charge in [0, 0.05) is 0 Å². The van der Waals surface area contributed by atoms with E-state index in [1.165, 1.54) is 70.0 Å². The number of fused-ring (bicyclic) bond motifs is 3. The molecule has 0 saturated heterocycles. The molecular formula is C51H46Cl4Zr. The second kappa shape index (κ2) is 16.9. The molecule has 0 bridgehead atoms. The van der Waals surface area contributed by atoms with Gasteiger partial charge in [0.05, 0.1) is 0 Å². The molecule has 5 heteroatoms. The summed E-state index contributed by atoms with van der Waals surface area (Å²) in [4.78, 5) is 0. The topological polar surface area (TPSA) is 0 Å². The number of benzene rings is 6. The van der Waals surface area contributed by atoms with Gasteiger partial charge in [-0.2, -0.15) is 0 Å². The molecule has 0 aromatic heterocycles. The monoisotopic (exact) mass is 888 g/mol. The van der Waals surface area contributed by atoms with E-state index in [2.05, 4.69) is 193 Å². The van der Waals surface area contributed by atoms with E-state index in [1.54, 1.807) is 3.27 Å². The van der Waals surface area contributed by atoms with Gasteiger partial charge in [-0.05, 0) is 0 Å². The molecule has 0 saturated carbocycles. The fraction of sp³-hybridized carbons (Fsp3) is 0.196. The van der Waals surface area contributed by atoms with Crippen LogP contribution >= 0.6 is 23.2 Å². The molecule has 0 nitrogen and oxygen atoms in total. The minimum atomic E-state index is -3.09. The van der Waals surface area contributed by atoms with Crippen molar-refractivity contribution < 1.29 is 46.1 Å². The maximum absolute atomic E-state index is 6.58. The Kier molecular flexibility index (Phi) is 12.8. The van der Waals surface area contributed by atoms with Crippen molar-refractivity contribution in [2.24, 2.45) is 0 Å². The minimum absolute atomic E-state index is 0. The zero-order valence-corrected chi connectivity index (χ0v) is 38.2. The molecule has 0 atom stereocenters. The number of hydrogen-bond acceptors (Lipinski definition) is 0. The summed E-state index contributed by atoms with van der Waals surface area (Å²) in [5, 5.41) is 1.50. The van der Waals surface area contributed by atoms with Crippen LogP contribution in [0.3, 0.4) is 0 Å². The molecule has 6 aromatic carbocycles. The Morgan fingerprint density at radius 2 is 1.04 bits per heavy atom. The Morgan fingerprint density at radius 1 is 0.554 bits per heavy atom. The number of allylic oxidation sites excluding steroid dienone is 4. The zero-order chi connectivity index (χ0) is 37.8. The molecule has 0 radical (unpaired) electrons. The van der Waals surface area contributed by atoms with Gasteiger partial charge in [-0.1, -0.05) is 0 Å². The summed E-state index contributed by atoms with van der Waals surface area (Å²) in [7, 11) is 0. The molecule has 56 heavy (non-hydrogen) atoms. The minimum Gasteiger partial charge on any atom is -1.00 e. The molecule has 6 aromatic rings. The third-order valence-corrected chi connectivity index (χ3v) is 19.5. The first kappa shape index (κ1) is 42.3. The molecule has 0 fully saturated rings. The molecule has 0 amide bonds. The summed E-state index contributed by atoms with van der Waals surface area (Å²) >= 11 is 10.1. The van der Waals surface area contributed by atoms with Gasteiger partial charge in [0.15, 0.2) is 0 Å². The first-order valence-electron chi connectivity index (χ1n) is 19.0. The summed E-state index contributed by atoms with van der Waals surface area (Å²) in [6, 6.07) is 47.0. The third kappa shape index (κ3) is 8.19. The van der Waals surface area contributed by atoms with E-state index in [-0.39, 0.29) is 35.6 Å². The van der Waals surface area contributed by atoms with Gasteiger partial charge in [0.25, 0.3) is 0 Å². The maximum atomic E-state index is 6.58. The van der Waals surface area contributed by atoms with Crippen LogP contribution in [0.4, 0.5) is 0 Å². The average Bonchev–Trinajstić information content (AvgIpc) is 3.82. The standard InChI is InChI=1S/C33H33.C13H8Cl2.C5H5.2ClH.Zr/c1-32(2,3)30-20-26-24(18-28(30)22-13-9-7-10-14-22)17-25-19-29(23-15-11-8-12-16-23)31(21-27(25)26)33(4,5)6;14-12-5-1-10(2-6-12)9-11-3-7-13(15)8-4-11;1-2-4-5-3-1;;;/h7-16,18,20-21H,17H2,1-6H3;1-8H;1-5H;2*1H;/q;;;;;+2/p-2. The third-order valence-electron chi connectivity index (χ3n) is 11.0. The van der Waals surface area contributed by atoms with Crippen molar-refractivity contribution in [2.45, 2.75) is 62.4 Å². The van der Waals surface area contributed by atoms with Crippen molar-refractivity contribution >= 4 is 29.7 Å². The summed E-state index contributed by atoms with van der Waals surface area (Å²) in [5.41, 5.74) is 16.2. The van der Waals surface area contributed by atoms with Gasteiger partial charge in [0.1, 0.15) is 0 Å². The van der Waals surface area contributed by atoms with Crippen molar-refractivity contribution in [3.63, 3.8) is 0 Å². The van der Waals surface area contributed by atoms with Crippen LogP contribution < -0.4 is 28.1 Å². The molecule has 0 spiro atoms. The quantitative estimate of drug-likeness (QED) is 0.159. The van der Waals surface area contributed by atoms with Crippen LogP contribution in [0.5, 0.6) is 0 Å². The van der Waals surface area contributed by atoms with Gasteiger partial charge in [-0.3, -0.25) is 0 Å². The van der Waals surface area contributed by atoms with Crippen molar-refractivity contribution in [1.29, 1.82) is 0 Å². The van der Waals surface area contributed by atoms with Crippen LogP contribution in [-0.2, 0) is 38.5 Å². The first-order valence-corrected chi connectivity index (χ1v) is 23.6. The second-order valence-corrected chi connectivity index (χ2v) is 23.8. The summed E-state index contributed by atoms with van der Waals surface area (Å²) in [5.74, 6) is 0. The van der Waals surface area contributed by atoms with Crippen LogP contribution in [0.15, 0.2) is 152 Å². The van der Waals surface area contributed by atoms with E-state index in [0.29, 0.717) is 3.63 Å². The van der Waals surface area contributed by atoms with Crippen molar-refractivity contribution in [3.8, 4) is 33.4 Å². The van der Waals surface area contributed by atoms with Gasteiger partial charge >= 0.3 is 342 Å². The molecular weight excluding hydrogens is 846 g/mol. The molecule has 0 heterocycles. The summed E-state index contributed by atoms with van der Waals surface area (Å²) in [6.07, 6.45) is 10.4. The normalized spacial score (nSPS) is 13.0. The van der Waals surface area contributed by atoms with E-state index in [1.807, 2.05) is 0 Å². The van der Waals surface area contributed by atoms with Crippen molar-refractivity contribution in [1.82, 2.24) is 0 Å². The van der Waals surface area contributed by atoms with Crippen molar-refractivity contribution in [3.05, 3.63) is 195 Å². The smallest absolute Gasteiger partial charge is 1.00 e. The van der Waals surface area contributed by atoms with Crippen LogP contribution in [0.1, 0.15) is 74.9 Å². The van der Waals surface area contributed by atoms with Gasteiger partial charge in [0.2, 0.25) is 0 Å². The molecule has 2 aliphatic carbocycles. The Balaban J connectivity index is 0.00000266. The van der Waals surface area contributed by atoms with E-state index >= 15 is 0 Å². The van der Waals surface area contributed by atoms with Crippen LogP contribution in [0.25, 0.3) is 33.4 Å². The Hall–Kier alpha value is -3.29. The van der Waals surface area contributed by atoms with Crippen LogP contribution in [0, 0.1) is 0 Å². The van der Waals surface area contributed by atoms with E-state index < -0.39 is 21.3 Å². The fourth-order valence-electron chi connectivity index (χ4n) is 8.44. The largest absolute Gasteiger partial charge is 1.00 e. The molecule has 8 rings (SSSR count). The second-order valence-electron chi connectivity index (χ2n) is 16.8. The van der Waals surface area contributed by atoms with Gasteiger partial charge in [-0.15, -0.1) is 0 Å². The van der Waals surface area contributed by atoms with E-state index in [4.69, 9.17) is 23.2 Å². The zero-order valence-electron chi connectivity index (χ0n) is 32.7. The van der Waals surface area contributed by atoms with Crippen molar-refractivity contribution in [2.75, 3.05) is 0 Å². The van der Waals surface area contributed by atoms with Crippen LogP contribution in [0.2, 0.25) is 13.7 Å². The number of rotatable bonds is 6. The fourth-order valence-corrected chi connectivity index (χ4v) is 17.5. The van der Waals surface area contributed by atoms with Gasteiger partial charge in [-0.25, -0.2) is 0 Å². The molecule has 2 aliphatic rings. The van der Waals surface area contributed by atoms with E-state index in [9.17, 15) is 0 Å². The predicted octanol–water partition coefficient (Wildman–Crippen LogP) is 7.93. The Labute approximate surface area is 363 Å². The Morgan fingerprint density at radius 3 is 1.54 bits per heavy atom. The van der Waals surface area contributed by atoms with Crippen LogP contribution in [-0.4, -0.2) is 3.21 Å². The molecule has 0 unspecified atom stereocenters. The molecule has 282 valence electrons. The number of hydrogen-bond donors (Lipinski definition) is 0. The Bertz CT molecular complexity index is 2400. The SMILES string of the molecule is CC(C)(C)c1cc2c(cc1-c1ccccc1)Cc1c-2cc(C(C)(C)C)c(-c2ccccc2)[c]1[Zr+2](=[C](c1ccc(Cl)cc1)c1ccc(Cl)cc1)[CH]1C=CC=C1.[Cl-].[Cl-]. The van der Waals surface area contributed by atoms with Gasteiger partial charge < -0.3 is 24.8 Å².